The van der Waals surface area contributed by atoms with Crippen molar-refractivity contribution >= 4 is 11.4 Å². The highest BCUT2D eigenvalue weighted by atomic mass is 16.6. The average molecular weight is 284 g/mol. The summed E-state index contributed by atoms with van der Waals surface area (Å²) >= 11 is 0. The minimum atomic E-state index is -1.39. The highest BCUT2D eigenvalue weighted by Crippen LogP contribution is 2.28. The number of hydrogen-bond donors (Lipinski definition) is 4. The molecule has 8 nitrogen and oxygen atoms in total. The van der Waals surface area contributed by atoms with Crippen LogP contribution in [0.1, 0.15) is 5.56 Å². The zero-order valence-electron chi connectivity index (χ0n) is 10.8. The van der Waals surface area contributed by atoms with E-state index in [1.54, 1.807) is 13.0 Å². The first-order valence-electron chi connectivity index (χ1n) is 6.07. The van der Waals surface area contributed by atoms with Crippen LogP contribution in [0.3, 0.4) is 0 Å². The fourth-order valence-corrected chi connectivity index (χ4v) is 2.00. The molecule has 1 fully saturated rings. The lowest BCUT2D eigenvalue weighted by atomic mass is 10.0. The van der Waals surface area contributed by atoms with E-state index in [9.17, 15) is 25.4 Å². The Hall–Kier alpha value is -1.74. The molecule has 1 heterocycles. The lowest BCUT2D eigenvalue weighted by Gasteiger charge is -2.35. The predicted molar refractivity (Wildman–Crippen MR) is 69.2 cm³/mol. The van der Waals surface area contributed by atoms with Crippen molar-refractivity contribution in [3.8, 4) is 0 Å². The summed E-state index contributed by atoms with van der Waals surface area (Å²) in [6, 6.07) is 4.57. The van der Waals surface area contributed by atoms with Gasteiger partial charge in [0.1, 0.15) is 24.0 Å². The molecule has 20 heavy (non-hydrogen) atoms. The van der Waals surface area contributed by atoms with E-state index in [2.05, 4.69) is 5.32 Å². The molecule has 0 radical (unpaired) electrons. The van der Waals surface area contributed by atoms with Crippen LogP contribution in [0.5, 0.6) is 0 Å². The van der Waals surface area contributed by atoms with Gasteiger partial charge in [0.25, 0.3) is 5.69 Å². The fraction of sp³-hybridized carbons (Fsp3) is 0.500. The van der Waals surface area contributed by atoms with Crippen molar-refractivity contribution in [1.82, 2.24) is 0 Å². The van der Waals surface area contributed by atoms with Crippen LogP contribution in [0.2, 0.25) is 0 Å². The second-order valence-electron chi connectivity index (χ2n) is 4.72. The number of ether oxygens (including phenoxy) is 1. The third kappa shape index (κ3) is 2.88. The van der Waals surface area contributed by atoms with Gasteiger partial charge < -0.3 is 25.4 Å². The van der Waals surface area contributed by atoms with Crippen LogP contribution in [0.25, 0.3) is 0 Å². The van der Waals surface area contributed by atoms with Gasteiger partial charge in [-0.05, 0) is 18.6 Å². The molecule has 4 N–H and O–H groups in total. The largest absolute Gasteiger partial charge is 0.388 e. The van der Waals surface area contributed by atoms with Crippen molar-refractivity contribution in [2.75, 3.05) is 11.9 Å². The lowest BCUT2D eigenvalue weighted by molar-refractivity contribution is -0.384. The van der Waals surface area contributed by atoms with E-state index in [1.165, 1.54) is 12.1 Å². The minimum Gasteiger partial charge on any atom is -0.388 e. The van der Waals surface area contributed by atoms with Crippen molar-refractivity contribution in [2.45, 2.75) is 31.5 Å². The zero-order valence-corrected chi connectivity index (χ0v) is 10.8. The summed E-state index contributed by atoms with van der Waals surface area (Å²) in [6.45, 7) is 1.55. The van der Waals surface area contributed by atoms with Gasteiger partial charge >= 0.3 is 0 Å². The second-order valence-corrected chi connectivity index (χ2v) is 4.72. The molecule has 0 bridgehead atoms. The number of benzene rings is 1. The highest BCUT2D eigenvalue weighted by molar-refractivity contribution is 5.62. The van der Waals surface area contributed by atoms with Gasteiger partial charge in [-0.2, -0.15) is 0 Å². The molecular formula is C12H16N2O6. The smallest absolute Gasteiger partial charge is 0.292 e. The van der Waals surface area contributed by atoms with Gasteiger partial charge in [-0.15, -0.1) is 0 Å². The Morgan fingerprint density at radius 1 is 1.35 bits per heavy atom. The maximum absolute atomic E-state index is 11.0. The van der Waals surface area contributed by atoms with Crippen LogP contribution >= 0.6 is 0 Å². The summed E-state index contributed by atoms with van der Waals surface area (Å²) in [6.07, 6.45) is -4.98. The van der Waals surface area contributed by atoms with Gasteiger partial charge in [0.05, 0.1) is 11.5 Å². The molecule has 1 aliphatic rings. The summed E-state index contributed by atoms with van der Waals surface area (Å²) in [5.74, 6) is 0. The molecular weight excluding hydrogens is 268 g/mol. The number of aryl methyl sites for hydroxylation is 1. The van der Waals surface area contributed by atoms with E-state index >= 15 is 0 Å². The number of anilines is 1. The first kappa shape index (κ1) is 14.7. The van der Waals surface area contributed by atoms with Gasteiger partial charge in [-0.1, -0.05) is 6.07 Å². The number of nitrogens with one attached hydrogen (secondary N) is 1. The molecule has 0 amide bonds. The molecule has 1 saturated heterocycles. The molecule has 0 spiro atoms. The van der Waals surface area contributed by atoms with Crippen molar-refractivity contribution in [3.63, 3.8) is 0 Å². The van der Waals surface area contributed by atoms with Gasteiger partial charge in [0.15, 0.2) is 6.23 Å². The topological polar surface area (TPSA) is 125 Å². The van der Waals surface area contributed by atoms with Crippen LogP contribution in [-0.4, -0.2) is 51.4 Å². The molecule has 0 saturated carbocycles. The van der Waals surface area contributed by atoms with Gasteiger partial charge in [-0.3, -0.25) is 10.1 Å². The number of nitrogens with zero attached hydrogens (tertiary/aromatic N) is 1. The number of hydrogen-bond acceptors (Lipinski definition) is 7. The monoisotopic (exact) mass is 284 g/mol. The van der Waals surface area contributed by atoms with Crippen LogP contribution < -0.4 is 5.32 Å². The number of rotatable bonds is 3. The first-order chi connectivity index (χ1) is 9.40. The third-order valence-electron chi connectivity index (χ3n) is 3.15. The van der Waals surface area contributed by atoms with Crippen LogP contribution in [-0.2, 0) is 4.74 Å². The van der Waals surface area contributed by atoms with E-state index in [4.69, 9.17) is 4.74 Å². The third-order valence-corrected chi connectivity index (χ3v) is 3.15. The van der Waals surface area contributed by atoms with Crippen molar-refractivity contribution < 1.29 is 25.0 Å². The Morgan fingerprint density at radius 3 is 2.70 bits per heavy atom. The minimum absolute atomic E-state index is 0.151. The van der Waals surface area contributed by atoms with Crippen LogP contribution in [0.4, 0.5) is 11.4 Å². The Morgan fingerprint density at radius 2 is 2.05 bits per heavy atom. The summed E-state index contributed by atoms with van der Waals surface area (Å²) in [5, 5.41) is 42.3. The van der Waals surface area contributed by atoms with Crippen molar-refractivity contribution in [3.05, 3.63) is 33.9 Å². The summed E-state index contributed by atoms with van der Waals surface area (Å²) < 4.78 is 5.15. The Balaban J connectivity index is 2.20. The van der Waals surface area contributed by atoms with Gasteiger partial charge in [-0.25, -0.2) is 0 Å². The molecule has 0 aliphatic carbocycles. The zero-order chi connectivity index (χ0) is 14.9. The fourth-order valence-electron chi connectivity index (χ4n) is 2.00. The van der Waals surface area contributed by atoms with E-state index in [-0.39, 0.29) is 18.0 Å². The number of aliphatic hydroxyl groups excluding tert-OH is 3. The quantitative estimate of drug-likeness (QED) is 0.445. The van der Waals surface area contributed by atoms with Crippen LogP contribution in [0.15, 0.2) is 18.2 Å². The summed E-state index contributed by atoms with van der Waals surface area (Å²) in [4.78, 5) is 10.4. The van der Waals surface area contributed by atoms with E-state index in [0.29, 0.717) is 0 Å². The van der Waals surface area contributed by atoms with Crippen LogP contribution in [0, 0.1) is 17.0 Å². The Bertz CT molecular complexity index is 509. The number of nitro benzene ring substituents is 1. The van der Waals surface area contributed by atoms with Gasteiger partial charge in [0.2, 0.25) is 0 Å². The molecule has 1 aromatic rings. The molecule has 0 aromatic heterocycles. The standard InChI is InChI=1S/C12H16N2O6/c1-6-2-3-7(8(4-6)14(18)19)13-12-11(17)10(16)9(15)5-20-12/h2-4,9-13,15-17H,5H2,1H3/t9-,10-,11+,12-/m1/s1. The Kier molecular flexibility index (Phi) is 4.19. The van der Waals surface area contributed by atoms with E-state index in [0.717, 1.165) is 5.56 Å². The lowest BCUT2D eigenvalue weighted by Crippen LogP contribution is -2.55. The SMILES string of the molecule is Cc1ccc(N[C@@H]2OC[C@@H](O)[C@@H](O)[C@@H]2O)c([N+](=O)[O-])c1. The average Bonchev–Trinajstić information content (AvgIpc) is 2.41. The maximum atomic E-state index is 11.0. The molecule has 1 aromatic carbocycles. The molecule has 8 heteroatoms. The molecule has 1 aliphatic heterocycles. The summed E-state index contributed by atoms with van der Waals surface area (Å²) in [5.41, 5.74) is 0.748. The molecule has 4 atom stereocenters. The second kappa shape index (κ2) is 5.71. The predicted octanol–water partition coefficient (Wildman–Crippen LogP) is -0.246. The first-order valence-corrected chi connectivity index (χ1v) is 6.07. The summed E-state index contributed by atoms with van der Waals surface area (Å²) in [7, 11) is 0. The van der Waals surface area contributed by atoms with Crippen molar-refractivity contribution in [1.29, 1.82) is 0 Å². The number of nitro groups is 1. The highest BCUT2D eigenvalue weighted by Gasteiger charge is 2.38. The molecule has 110 valence electrons. The molecule has 2 rings (SSSR count). The van der Waals surface area contributed by atoms with E-state index < -0.39 is 29.5 Å². The van der Waals surface area contributed by atoms with E-state index in [1.807, 2.05) is 0 Å². The van der Waals surface area contributed by atoms with Gasteiger partial charge in [0, 0.05) is 6.07 Å². The maximum Gasteiger partial charge on any atom is 0.292 e. The normalized spacial score (nSPS) is 30.0. The number of aliphatic hydroxyl groups is 3. The Labute approximate surface area is 114 Å². The van der Waals surface area contributed by atoms with Crippen molar-refractivity contribution in [2.24, 2.45) is 0 Å². The molecule has 0 unspecified atom stereocenters.